The molecule has 0 aliphatic carbocycles. The van der Waals surface area contributed by atoms with Crippen LogP contribution < -0.4 is 0 Å². The number of hydrogen-bond donors (Lipinski definition) is 0. The zero-order valence-electron chi connectivity index (χ0n) is 14.7. The van der Waals surface area contributed by atoms with E-state index in [9.17, 15) is 4.79 Å². The number of benzene rings is 1. The summed E-state index contributed by atoms with van der Waals surface area (Å²) < 4.78 is 0. The van der Waals surface area contributed by atoms with Gasteiger partial charge in [0.1, 0.15) is 0 Å². The molecule has 4 rings (SSSR count). The zero-order valence-corrected chi connectivity index (χ0v) is 14.7. The molecule has 1 aromatic carbocycles. The van der Waals surface area contributed by atoms with Gasteiger partial charge in [0.25, 0.3) is 5.91 Å². The van der Waals surface area contributed by atoms with Crippen molar-refractivity contribution >= 4 is 5.91 Å². The van der Waals surface area contributed by atoms with Crippen LogP contribution in [0.3, 0.4) is 0 Å². The first-order valence-corrected chi connectivity index (χ1v) is 9.11. The summed E-state index contributed by atoms with van der Waals surface area (Å²) in [6.07, 6.45) is 6.03. The quantitative estimate of drug-likeness (QED) is 0.846. The van der Waals surface area contributed by atoms with E-state index in [1.165, 1.54) is 5.56 Å². The zero-order chi connectivity index (χ0) is 17.2. The fraction of sp³-hybridized carbons (Fsp3) is 0.450. The van der Waals surface area contributed by atoms with Gasteiger partial charge in [0.2, 0.25) is 0 Å². The average Bonchev–Trinajstić information content (AvgIpc) is 2.67. The number of rotatable bonds is 2. The van der Waals surface area contributed by atoms with Gasteiger partial charge in [-0.15, -0.1) is 0 Å². The van der Waals surface area contributed by atoms with E-state index in [2.05, 4.69) is 16.9 Å². The molecule has 1 saturated heterocycles. The van der Waals surface area contributed by atoms with Gasteiger partial charge in [0.15, 0.2) is 5.82 Å². The maximum Gasteiger partial charge on any atom is 0.254 e. The second-order valence-corrected chi connectivity index (χ2v) is 7.06. The number of carbonyl (C=O) groups excluding carboxylic acids is 1. The Balaban J connectivity index is 1.62. The predicted molar refractivity (Wildman–Crippen MR) is 96.1 cm³/mol. The number of aromatic nitrogens is 2. The van der Waals surface area contributed by atoms with Crippen LogP contribution in [0.1, 0.15) is 52.7 Å². The Bertz CT molecular complexity index is 762. The van der Waals surface area contributed by atoms with E-state index in [1.54, 1.807) is 0 Å². The highest BCUT2D eigenvalue weighted by Gasteiger charge is 2.31. The highest BCUT2D eigenvalue weighted by molar-refractivity contribution is 5.94. The van der Waals surface area contributed by atoms with E-state index >= 15 is 0 Å². The molecule has 5 nitrogen and oxygen atoms in total. The Kier molecular flexibility index (Phi) is 4.49. The van der Waals surface area contributed by atoms with E-state index in [0.29, 0.717) is 0 Å². The van der Waals surface area contributed by atoms with Crippen molar-refractivity contribution in [1.29, 1.82) is 0 Å². The monoisotopic (exact) mass is 336 g/mol. The van der Waals surface area contributed by atoms with E-state index in [-0.39, 0.29) is 11.9 Å². The fourth-order valence-corrected chi connectivity index (χ4v) is 3.82. The van der Waals surface area contributed by atoms with Crippen LogP contribution in [0.5, 0.6) is 0 Å². The summed E-state index contributed by atoms with van der Waals surface area (Å²) in [7, 11) is 2.12. The van der Waals surface area contributed by atoms with Crippen LogP contribution in [0.25, 0.3) is 0 Å². The Morgan fingerprint density at radius 3 is 2.84 bits per heavy atom. The molecule has 2 aliphatic rings. The second kappa shape index (κ2) is 6.92. The van der Waals surface area contributed by atoms with Crippen LogP contribution >= 0.6 is 0 Å². The standard InChI is InChI=1S/C20H24N4O/c1-23-12-10-17-16(14-23)13-21-19(22-17)18-9-5-6-11-24(18)20(25)15-7-3-2-4-8-15/h2-4,7-8,13,18H,5-6,9-12,14H2,1H3. The van der Waals surface area contributed by atoms with Crippen molar-refractivity contribution in [3.05, 3.63) is 59.2 Å². The maximum atomic E-state index is 13.0. The molecule has 1 atom stereocenters. The second-order valence-electron chi connectivity index (χ2n) is 7.06. The molecule has 0 saturated carbocycles. The first kappa shape index (κ1) is 16.2. The van der Waals surface area contributed by atoms with Gasteiger partial charge in [-0.2, -0.15) is 0 Å². The fourth-order valence-electron chi connectivity index (χ4n) is 3.82. The molecular formula is C20H24N4O. The Morgan fingerprint density at radius 1 is 1.16 bits per heavy atom. The van der Waals surface area contributed by atoms with Crippen molar-refractivity contribution in [2.24, 2.45) is 0 Å². The molecule has 1 fully saturated rings. The third-order valence-electron chi connectivity index (χ3n) is 5.23. The third-order valence-corrected chi connectivity index (χ3v) is 5.23. The molecule has 2 aliphatic heterocycles. The number of carbonyl (C=O) groups is 1. The van der Waals surface area contributed by atoms with Crippen molar-refractivity contribution < 1.29 is 4.79 Å². The van der Waals surface area contributed by atoms with Crippen LogP contribution in [0.2, 0.25) is 0 Å². The average molecular weight is 336 g/mol. The van der Waals surface area contributed by atoms with Gasteiger partial charge in [0.05, 0.1) is 6.04 Å². The molecule has 1 amide bonds. The van der Waals surface area contributed by atoms with Gasteiger partial charge in [-0.05, 0) is 38.4 Å². The lowest BCUT2D eigenvalue weighted by molar-refractivity contribution is 0.0599. The van der Waals surface area contributed by atoms with E-state index < -0.39 is 0 Å². The minimum Gasteiger partial charge on any atom is -0.328 e. The van der Waals surface area contributed by atoms with Crippen LogP contribution in [-0.4, -0.2) is 45.8 Å². The van der Waals surface area contributed by atoms with Crippen molar-refractivity contribution in [2.45, 2.75) is 38.3 Å². The molecule has 0 spiro atoms. The molecular weight excluding hydrogens is 312 g/mol. The lowest BCUT2D eigenvalue weighted by Gasteiger charge is -2.35. The third kappa shape index (κ3) is 3.29. The molecule has 5 heteroatoms. The summed E-state index contributed by atoms with van der Waals surface area (Å²) in [4.78, 5) is 26.7. The minimum absolute atomic E-state index is 0.00795. The number of nitrogens with zero attached hydrogens (tertiary/aromatic N) is 4. The summed E-state index contributed by atoms with van der Waals surface area (Å²) in [5, 5.41) is 0. The van der Waals surface area contributed by atoms with Crippen molar-refractivity contribution in [1.82, 2.24) is 19.8 Å². The topological polar surface area (TPSA) is 49.3 Å². The summed E-state index contributed by atoms with van der Waals surface area (Å²) >= 11 is 0. The SMILES string of the molecule is CN1CCc2nc(C3CCCCN3C(=O)c3ccccc3)ncc2C1. The first-order valence-electron chi connectivity index (χ1n) is 9.11. The lowest BCUT2D eigenvalue weighted by atomic mass is 9.99. The van der Waals surface area contributed by atoms with Gasteiger partial charge in [-0.25, -0.2) is 9.97 Å². The Labute approximate surface area is 148 Å². The number of likely N-dealkylation sites (tertiary alicyclic amines) is 1. The summed E-state index contributed by atoms with van der Waals surface area (Å²) in [6, 6.07) is 9.53. The van der Waals surface area contributed by atoms with Crippen LogP contribution in [0.15, 0.2) is 36.5 Å². The molecule has 0 N–H and O–H groups in total. The highest BCUT2D eigenvalue weighted by Crippen LogP contribution is 2.31. The first-order chi connectivity index (χ1) is 12.2. The van der Waals surface area contributed by atoms with Crippen molar-refractivity contribution in [3.8, 4) is 0 Å². The largest absolute Gasteiger partial charge is 0.328 e. The molecule has 0 bridgehead atoms. The minimum atomic E-state index is -0.00795. The molecule has 1 aromatic heterocycles. The highest BCUT2D eigenvalue weighted by atomic mass is 16.2. The van der Waals surface area contributed by atoms with Gasteiger partial charge >= 0.3 is 0 Å². The lowest BCUT2D eigenvalue weighted by Crippen LogP contribution is -2.39. The smallest absolute Gasteiger partial charge is 0.254 e. The number of piperidine rings is 1. The van der Waals surface area contributed by atoms with Crippen LogP contribution in [0.4, 0.5) is 0 Å². The molecule has 3 heterocycles. The van der Waals surface area contributed by atoms with Gasteiger partial charge in [0, 0.05) is 49.1 Å². The number of likely N-dealkylation sites (N-methyl/N-ethyl adjacent to an activating group) is 1. The van der Waals surface area contributed by atoms with Crippen LogP contribution in [-0.2, 0) is 13.0 Å². The Hall–Kier alpha value is -2.27. The van der Waals surface area contributed by atoms with Gasteiger partial charge in [-0.3, -0.25) is 4.79 Å². The summed E-state index contributed by atoms with van der Waals surface area (Å²) in [5.74, 6) is 0.902. The number of fused-ring (bicyclic) bond motifs is 1. The van der Waals surface area contributed by atoms with E-state index in [1.807, 2.05) is 41.4 Å². The van der Waals surface area contributed by atoms with Crippen molar-refractivity contribution in [2.75, 3.05) is 20.1 Å². The predicted octanol–water partition coefficient (Wildman–Crippen LogP) is 2.83. The summed E-state index contributed by atoms with van der Waals surface area (Å²) in [6.45, 7) is 2.72. The van der Waals surface area contributed by atoms with Crippen LogP contribution in [0, 0.1) is 0 Å². The van der Waals surface area contributed by atoms with Crippen molar-refractivity contribution in [3.63, 3.8) is 0 Å². The molecule has 130 valence electrons. The molecule has 0 radical (unpaired) electrons. The molecule has 25 heavy (non-hydrogen) atoms. The molecule has 1 unspecified atom stereocenters. The summed E-state index contributed by atoms with van der Waals surface area (Å²) in [5.41, 5.74) is 3.11. The molecule has 2 aromatic rings. The number of amides is 1. The van der Waals surface area contributed by atoms with E-state index in [4.69, 9.17) is 4.98 Å². The van der Waals surface area contributed by atoms with Gasteiger partial charge in [-0.1, -0.05) is 18.2 Å². The maximum absolute atomic E-state index is 13.0. The Morgan fingerprint density at radius 2 is 2.00 bits per heavy atom. The normalized spacial score (nSPS) is 21.0. The van der Waals surface area contributed by atoms with Gasteiger partial charge < -0.3 is 9.80 Å². The van der Waals surface area contributed by atoms with E-state index in [0.717, 1.165) is 62.4 Å². The number of hydrogen-bond acceptors (Lipinski definition) is 4.